The maximum atomic E-state index is 13.0. The molecule has 2 nitrogen and oxygen atoms in total. The van der Waals surface area contributed by atoms with Gasteiger partial charge in [-0.05, 0) is 37.0 Å². The first kappa shape index (κ1) is 13.8. The van der Waals surface area contributed by atoms with Gasteiger partial charge in [-0.2, -0.15) is 0 Å². The molecular formula is C16H19FO2. The van der Waals surface area contributed by atoms with Gasteiger partial charge in [0.1, 0.15) is 12.4 Å². The Morgan fingerprint density at radius 3 is 2.53 bits per heavy atom. The first-order chi connectivity index (χ1) is 9.19. The lowest BCUT2D eigenvalue weighted by atomic mass is 9.64. The monoisotopic (exact) mass is 262 g/mol. The number of carbonyl (C=O) groups excluding carboxylic acids is 1. The van der Waals surface area contributed by atoms with E-state index in [-0.39, 0.29) is 11.8 Å². The van der Waals surface area contributed by atoms with Crippen LogP contribution in [0.1, 0.15) is 38.2 Å². The van der Waals surface area contributed by atoms with Crippen molar-refractivity contribution in [3.63, 3.8) is 0 Å². The van der Waals surface area contributed by atoms with Crippen LogP contribution < -0.4 is 0 Å². The van der Waals surface area contributed by atoms with Crippen LogP contribution in [0.4, 0.5) is 4.39 Å². The van der Waals surface area contributed by atoms with Crippen LogP contribution in [-0.4, -0.2) is 12.6 Å². The molecule has 0 spiro atoms. The highest BCUT2D eigenvalue weighted by molar-refractivity contribution is 5.84. The molecule has 0 amide bonds. The number of halogens is 1. The van der Waals surface area contributed by atoms with Gasteiger partial charge in [-0.1, -0.05) is 37.6 Å². The molecule has 1 saturated carbocycles. The molecule has 2 rings (SSSR count). The highest BCUT2D eigenvalue weighted by atomic mass is 19.1. The fourth-order valence-electron chi connectivity index (χ4n) is 2.41. The smallest absolute Gasteiger partial charge is 0.316 e. The van der Waals surface area contributed by atoms with Crippen molar-refractivity contribution < 1.29 is 13.9 Å². The fraction of sp³-hybridized carbons (Fsp3) is 0.438. The van der Waals surface area contributed by atoms with Gasteiger partial charge >= 0.3 is 5.97 Å². The standard InChI is InChI=1S/C16H19FO2/c1-2-3-4-12-19-15(18)16(10-5-11-16)13-6-8-14(17)9-7-13/h3-4,6-9H,2,5,10-12H2,1H3/b4-3+. The molecule has 0 N–H and O–H groups in total. The average Bonchev–Trinajstić information content (AvgIpc) is 2.36. The Hall–Kier alpha value is -1.64. The predicted molar refractivity (Wildman–Crippen MR) is 72.3 cm³/mol. The van der Waals surface area contributed by atoms with E-state index in [1.165, 1.54) is 12.1 Å². The van der Waals surface area contributed by atoms with Crippen molar-refractivity contribution in [3.8, 4) is 0 Å². The Bertz CT molecular complexity index is 458. The van der Waals surface area contributed by atoms with Crippen molar-refractivity contribution in [3.05, 3.63) is 47.8 Å². The number of allylic oxidation sites excluding steroid dienone is 1. The zero-order chi connectivity index (χ0) is 13.7. The second-order valence-corrected chi connectivity index (χ2v) is 4.92. The van der Waals surface area contributed by atoms with Gasteiger partial charge in [-0.3, -0.25) is 4.79 Å². The molecule has 0 radical (unpaired) electrons. The number of esters is 1. The lowest BCUT2D eigenvalue weighted by Gasteiger charge is -2.39. The van der Waals surface area contributed by atoms with Gasteiger partial charge in [0.2, 0.25) is 0 Å². The summed E-state index contributed by atoms with van der Waals surface area (Å²) in [5.41, 5.74) is 0.318. The molecule has 1 aromatic rings. The number of hydrogen-bond donors (Lipinski definition) is 0. The molecule has 1 aliphatic rings. The predicted octanol–water partition coefficient (Wildman–Crippen LogP) is 3.76. The first-order valence-electron chi connectivity index (χ1n) is 6.77. The highest BCUT2D eigenvalue weighted by Gasteiger charge is 2.46. The maximum absolute atomic E-state index is 13.0. The molecule has 0 heterocycles. The van der Waals surface area contributed by atoms with E-state index < -0.39 is 5.41 Å². The van der Waals surface area contributed by atoms with E-state index in [1.54, 1.807) is 12.1 Å². The molecule has 0 unspecified atom stereocenters. The Labute approximate surface area is 113 Å². The molecule has 1 fully saturated rings. The summed E-state index contributed by atoms with van der Waals surface area (Å²) in [4.78, 5) is 12.2. The molecule has 0 aliphatic heterocycles. The van der Waals surface area contributed by atoms with Gasteiger partial charge in [0.25, 0.3) is 0 Å². The normalized spacial score (nSPS) is 17.2. The molecule has 0 bridgehead atoms. The minimum Gasteiger partial charge on any atom is -0.461 e. The minimum atomic E-state index is -0.548. The molecule has 0 saturated heterocycles. The third-order valence-corrected chi connectivity index (χ3v) is 3.71. The van der Waals surface area contributed by atoms with Crippen LogP contribution in [-0.2, 0) is 14.9 Å². The summed E-state index contributed by atoms with van der Waals surface area (Å²) in [6.45, 7) is 2.35. The van der Waals surface area contributed by atoms with Crippen LogP contribution in [0.3, 0.4) is 0 Å². The largest absolute Gasteiger partial charge is 0.461 e. The molecule has 0 atom stereocenters. The summed E-state index contributed by atoms with van der Waals surface area (Å²) >= 11 is 0. The van der Waals surface area contributed by atoms with E-state index in [0.717, 1.165) is 31.2 Å². The number of ether oxygens (including phenoxy) is 1. The second-order valence-electron chi connectivity index (χ2n) is 4.92. The van der Waals surface area contributed by atoms with E-state index in [9.17, 15) is 9.18 Å². The summed E-state index contributed by atoms with van der Waals surface area (Å²) < 4.78 is 18.3. The quantitative estimate of drug-likeness (QED) is 0.596. The van der Waals surface area contributed by atoms with Crippen LogP contribution in [0.15, 0.2) is 36.4 Å². The Balaban J connectivity index is 2.07. The van der Waals surface area contributed by atoms with E-state index in [4.69, 9.17) is 4.74 Å². The molecular weight excluding hydrogens is 243 g/mol. The first-order valence-corrected chi connectivity index (χ1v) is 6.77. The topological polar surface area (TPSA) is 26.3 Å². The third kappa shape index (κ3) is 2.86. The van der Waals surface area contributed by atoms with Gasteiger partial charge < -0.3 is 4.74 Å². The van der Waals surface area contributed by atoms with Crippen LogP contribution in [0.2, 0.25) is 0 Å². The van der Waals surface area contributed by atoms with Crippen molar-refractivity contribution in [1.29, 1.82) is 0 Å². The number of rotatable bonds is 5. The molecule has 1 aliphatic carbocycles. The van der Waals surface area contributed by atoms with E-state index in [0.29, 0.717) is 6.61 Å². The lowest BCUT2D eigenvalue weighted by Crippen LogP contribution is -2.43. The summed E-state index contributed by atoms with van der Waals surface area (Å²) in [6.07, 6.45) is 7.34. The van der Waals surface area contributed by atoms with Crippen molar-refractivity contribution in [2.45, 2.75) is 38.0 Å². The SMILES string of the molecule is CC/C=C/COC(=O)C1(c2ccc(F)cc2)CCC1. The van der Waals surface area contributed by atoms with Crippen LogP contribution in [0.5, 0.6) is 0 Å². The van der Waals surface area contributed by atoms with Crippen LogP contribution in [0, 0.1) is 5.82 Å². The van der Waals surface area contributed by atoms with Gasteiger partial charge in [-0.15, -0.1) is 0 Å². The zero-order valence-corrected chi connectivity index (χ0v) is 11.2. The number of hydrogen-bond acceptors (Lipinski definition) is 2. The zero-order valence-electron chi connectivity index (χ0n) is 11.2. The molecule has 19 heavy (non-hydrogen) atoms. The fourth-order valence-corrected chi connectivity index (χ4v) is 2.41. The third-order valence-electron chi connectivity index (χ3n) is 3.71. The summed E-state index contributed by atoms with van der Waals surface area (Å²) in [5, 5.41) is 0. The molecule has 0 aromatic heterocycles. The van der Waals surface area contributed by atoms with Gasteiger partial charge in [-0.25, -0.2) is 4.39 Å². The minimum absolute atomic E-state index is 0.189. The van der Waals surface area contributed by atoms with Crippen molar-refractivity contribution in [1.82, 2.24) is 0 Å². The molecule has 102 valence electrons. The van der Waals surface area contributed by atoms with E-state index in [1.807, 2.05) is 19.1 Å². The molecule has 1 aromatic carbocycles. The maximum Gasteiger partial charge on any atom is 0.316 e. The van der Waals surface area contributed by atoms with Gasteiger partial charge in [0.05, 0.1) is 5.41 Å². The average molecular weight is 262 g/mol. The van der Waals surface area contributed by atoms with Crippen molar-refractivity contribution in [2.24, 2.45) is 0 Å². The Kier molecular flexibility index (Phi) is 4.35. The van der Waals surface area contributed by atoms with Crippen molar-refractivity contribution >= 4 is 5.97 Å². The Morgan fingerprint density at radius 1 is 1.32 bits per heavy atom. The Morgan fingerprint density at radius 2 is 2.00 bits per heavy atom. The van der Waals surface area contributed by atoms with Crippen LogP contribution >= 0.6 is 0 Å². The van der Waals surface area contributed by atoms with E-state index >= 15 is 0 Å². The van der Waals surface area contributed by atoms with Gasteiger partial charge in [0, 0.05) is 0 Å². The van der Waals surface area contributed by atoms with Crippen LogP contribution in [0.25, 0.3) is 0 Å². The van der Waals surface area contributed by atoms with E-state index in [2.05, 4.69) is 0 Å². The van der Waals surface area contributed by atoms with Gasteiger partial charge in [0.15, 0.2) is 0 Å². The lowest BCUT2D eigenvalue weighted by molar-refractivity contribution is -0.153. The number of carbonyl (C=O) groups is 1. The summed E-state index contributed by atoms with van der Waals surface area (Å²) in [5.74, 6) is -0.469. The number of benzene rings is 1. The summed E-state index contributed by atoms with van der Waals surface area (Å²) in [7, 11) is 0. The highest BCUT2D eigenvalue weighted by Crippen LogP contribution is 2.44. The summed E-state index contributed by atoms with van der Waals surface area (Å²) in [6, 6.07) is 6.19. The molecule has 3 heteroatoms. The van der Waals surface area contributed by atoms with Crippen molar-refractivity contribution in [2.75, 3.05) is 6.61 Å². The second kappa shape index (κ2) is 6.00.